The Balaban J connectivity index is 2.08. The Kier molecular flexibility index (Phi) is 1.62. The lowest BCUT2D eigenvalue weighted by Gasteiger charge is -2.41. The minimum Gasteiger partial charge on any atom is -0.384 e. The molecule has 3 unspecified atom stereocenters. The minimum atomic E-state index is -0.910. The van der Waals surface area contributed by atoms with Crippen LogP contribution in [0.1, 0.15) is 49.0 Å². The van der Waals surface area contributed by atoms with Crippen LogP contribution in [0.3, 0.4) is 0 Å². The third-order valence-corrected chi connectivity index (χ3v) is 6.24. The van der Waals surface area contributed by atoms with Gasteiger partial charge in [-0.1, -0.05) is 38.1 Å². The summed E-state index contributed by atoms with van der Waals surface area (Å²) in [6.45, 7) is 4.35. The first-order valence-corrected chi connectivity index (χ1v) is 6.82. The van der Waals surface area contributed by atoms with Crippen LogP contribution in [-0.4, -0.2) is 10.9 Å². The highest BCUT2D eigenvalue weighted by Crippen LogP contribution is 2.76. The van der Waals surface area contributed by atoms with Gasteiger partial charge in [0.1, 0.15) is 5.60 Å². The van der Waals surface area contributed by atoms with Crippen LogP contribution < -0.4 is 0 Å². The molecule has 2 saturated carbocycles. The molecule has 0 aliphatic heterocycles. The summed E-state index contributed by atoms with van der Waals surface area (Å²) in [5.74, 6) is 0.658. The summed E-state index contributed by atoms with van der Waals surface area (Å²) in [5, 5.41) is 11.2. The van der Waals surface area contributed by atoms with Gasteiger partial charge in [-0.3, -0.25) is 4.79 Å². The molecule has 3 atom stereocenters. The molecule has 1 aromatic carbocycles. The molecule has 1 aromatic rings. The summed E-state index contributed by atoms with van der Waals surface area (Å²) in [6, 6.07) is 7.66. The molecular formula is C16H18O2. The van der Waals surface area contributed by atoms with Crippen LogP contribution in [0.2, 0.25) is 0 Å². The Morgan fingerprint density at radius 3 is 2.72 bits per heavy atom. The molecule has 2 bridgehead atoms. The molecule has 4 rings (SSSR count). The minimum absolute atomic E-state index is 0.0855. The lowest BCUT2D eigenvalue weighted by Crippen LogP contribution is -2.47. The summed E-state index contributed by atoms with van der Waals surface area (Å²) in [4.78, 5) is 12.9. The van der Waals surface area contributed by atoms with E-state index in [0.29, 0.717) is 5.92 Å². The summed E-state index contributed by atoms with van der Waals surface area (Å²) in [5.41, 5.74) is 0.0814. The fourth-order valence-electron chi connectivity index (χ4n) is 5.26. The topological polar surface area (TPSA) is 37.3 Å². The van der Waals surface area contributed by atoms with E-state index in [9.17, 15) is 9.90 Å². The second kappa shape index (κ2) is 2.72. The number of rotatable bonds is 0. The average Bonchev–Trinajstić information content (AvgIpc) is 2.80. The van der Waals surface area contributed by atoms with Crippen molar-refractivity contribution in [1.29, 1.82) is 0 Å². The number of benzene rings is 1. The molecule has 3 aliphatic rings. The van der Waals surface area contributed by atoms with Crippen molar-refractivity contribution in [2.45, 2.75) is 38.7 Å². The maximum absolute atomic E-state index is 12.9. The summed E-state index contributed by atoms with van der Waals surface area (Å²) in [7, 11) is 0. The van der Waals surface area contributed by atoms with E-state index in [1.54, 1.807) is 0 Å². The van der Waals surface area contributed by atoms with Crippen molar-refractivity contribution >= 4 is 5.78 Å². The highest BCUT2D eigenvalue weighted by atomic mass is 16.3. The SMILES string of the molecule is CC1(C)C2CCC13C(=O)c1ccccc1C3(O)C2. The number of carbonyl (C=O) groups is 1. The maximum Gasteiger partial charge on any atom is 0.173 e. The molecule has 0 aromatic heterocycles. The van der Waals surface area contributed by atoms with Gasteiger partial charge in [0.25, 0.3) is 0 Å². The number of ketones is 1. The molecule has 1 spiro atoms. The van der Waals surface area contributed by atoms with E-state index in [1.807, 2.05) is 24.3 Å². The van der Waals surface area contributed by atoms with Gasteiger partial charge in [0.05, 0.1) is 5.41 Å². The smallest absolute Gasteiger partial charge is 0.173 e. The van der Waals surface area contributed by atoms with Gasteiger partial charge in [0.15, 0.2) is 5.78 Å². The van der Waals surface area contributed by atoms with Gasteiger partial charge in [0.2, 0.25) is 0 Å². The zero-order valence-electron chi connectivity index (χ0n) is 10.9. The predicted molar refractivity (Wildman–Crippen MR) is 68.2 cm³/mol. The molecule has 0 radical (unpaired) electrons. The zero-order valence-corrected chi connectivity index (χ0v) is 10.9. The van der Waals surface area contributed by atoms with Crippen molar-refractivity contribution in [2.75, 3.05) is 0 Å². The molecule has 0 saturated heterocycles. The Bertz CT molecular complexity index is 574. The Hall–Kier alpha value is -1.15. The molecule has 2 heteroatoms. The summed E-state index contributed by atoms with van der Waals surface area (Å²) >= 11 is 0. The average molecular weight is 242 g/mol. The number of hydrogen-bond acceptors (Lipinski definition) is 2. The highest BCUT2D eigenvalue weighted by molar-refractivity contribution is 6.07. The predicted octanol–water partition coefficient (Wildman–Crippen LogP) is 2.90. The van der Waals surface area contributed by atoms with Crippen molar-refractivity contribution in [3.8, 4) is 0 Å². The first-order valence-electron chi connectivity index (χ1n) is 6.82. The van der Waals surface area contributed by atoms with Gasteiger partial charge in [-0.15, -0.1) is 0 Å². The first-order chi connectivity index (χ1) is 8.45. The molecule has 1 N–H and O–H groups in total. The van der Waals surface area contributed by atoms with Crippen LogP contribution >= 0.6 is 0 Å². The highest BCUT2D eigenvalue weighted by Gasteiger charge is 2.77. The number of carbonyl (C=O) groups excluding carboxylic acids is 1. The van der Waals surface area contributed by atoms with Gasteiger partial charge in [-0.2, -0.15) is 0 Å². The van der Waals surface area contributed by atoms with Gasteiger partial charge < -0.3 is 5.11 Å². The van der Waals surface area contributed by atoms with E-state index in [2.05, 4.69) is 13.8 Å². The molecule has 2 fully saturated rings. The van der Waals surface area contributed by atoms with Crippen molar-refractivity contribution in [2.24, 2.45) is 16.7 Å². The monoisotopic (exact) mass is 242 g/mol. The number of fused-ring (bicyclic) bond motifs is 3. The van der Waals surface area contributed by atoms with E-state index < -0.39 is 11.0 Å². The normalized spacial score (nSPS) is 43.1. The Labute approximate surface area is 107 Å². The van der Waals surface area contributed by atoms with E-state index in [4.69, 9.17) is 0 Å². The zero-order chi connectivity index (χ0) is 12.8. The summed E-state index contributed by atoms with van der Waals surface area (Å²) in [6.07, 6.45) is 2.67. The first kappa shape index (κ1) is 10.7. The van der Waals surface area contributed by atoms with Crippen molar-refractivity contribution in [1.82, 2.24) is 0 Å². The number of aliphatic hydroxyl groups is 1. The Morgan fingerprint density at radius 1 is 1.28 bits per heavy atom. The second-order valence-corrected chi connectivity index (χ2v) is 6.80. The third-order valence-electron chi connectivity index (χ3n) is 6.24. The van der Waals surface area contributed by atoms with E-state index in [0.717, 1.165) is 30.4 Å². The number of hydrogen-bond donors (Lipinski definition) is 1. The van der Waals surface area contributed by atoms with Gasteiger partial charge in [0, 0.05) is 5.56 Å². The van der Waals surface area contributed by atoms with E-state index in [-0.39, 0.29) is 11.2 Å². The maximum atomic E-state index is 12.9. The van der Waals surface area contributed by atoms with Crippen molar-refractivity contribution in [3.63, 3.8) is 0 Å². The molecule has 2 nitrogen and oxygen atoms in total. The quantitative estimate of drug-likeness (QED) is 0.759. The van der Waals surface area contributed by atoms with Crippen molar-refractivity contribution < 1.29 is 9.90 Å². The third kappa shape index (κ3) is 0.769. The van der Waals surface area contributed by atoms with Crippen LogP contribution in [0.15, 0.2) is 24.3 Å². The number of Topliss-reactive ketones (excluding diaryl/α,β-unsaturated/α-hetero) is 1. The fraction of sp³-hybridized carbons (Fsp3) is 0.562. The fourth-order valence-corrected chi connectivity index (χ4v) is 5.26. The molecule has 0 amide bonds. The largest absolute Gasteiger partial charge is 0.384 e. The van der Waals surface area contributed by atoms with Crippen LogP contribution in [0.4, 0.5) is 0 Å². The van der Waals surface area contributed by atoms with Gasteiger partial charge in [-0.05, 0) is 36.2 Å². The molecule has 0 heterocycles. The Morgan fingerprint density at radius 2 is 2.00 bits per heavy atom. The van der Waals surface area contributed by atoms with Gasteiger partial charge >= 0.3 is 0 Å². The van der Waals surface area contributed by atoms with E-state index >= 15 is 0 Å². The molecular weight excluding hydrogens is 224 g/mol. The lowest BCUT2D eigenvalue weighted by atomic mass is 9.63. The lowest BCUT2D eigenvalue weighted by molar-refractivity contribution is -0.0724. The second-order valence-electron chi connectivity index (χ2n) is 6.80. The molecule has 18 heavy (non-hydrogen) atoms. The van der Waals surface area contributed by atoms with E-state index in [1.165, 1.54) is 0 Å². The van der Waals surface area contributed by atoms with Crippen LogP contribution in [-0.2, 0) is 5.60 Å². The molecule has 3 aliphatic carbocycles. The van der Waals surface area contributed by atoms with Crippen molar-refractivity contribution in [3.05, 3.63) is 35.4 Å². The molecule has 94 valence electrons. The standard InChI is InChI=1S/C16H18O2/c1-14(2)10-7-8-15(14)13(17)11-5-3-4-6-12(11)16(15,18)9-10/h3-6,10,18H,7-9H2,1-2H3. The van der Waals surface area contributed by atoms with Crippen LogP contribution in [0, 0.1) is 16.7 Å². The van der Waals surface area contributed by atoms with Crippen LogP contribution in [0.5, 0.6) is 0 Å². The van der Waals surface area contributed by atoms with Gasteiger partial charge in [-0.25, -0.2) is 0 Å². The van der Waals surface area contributed by atoms with Crippen LogP contribution in [0.25, 0.3) is 0 Å². The summed E-state index contributed by atoms with van der Waals surface area (Å²) < 4.78 is 0.